The monoisotopic (exact) mass is 325 g/mol. The van der Waals surface area contributed by atoms with Crippen LogP contribution in [0.15, 0.2) is 24.3 Å². The third-order valence-electron chi connectivity index (χ3n) is 2.85. The summed E-state index contributed by atoms with van der Waals surface area (Å²) in [5.41, 5.74) is 5.33. The SMILES string of the molecule is NC(=O)NCCCCCC(=O)OCC(=O)Nc1ccc(F)cc1. The summed E-state index contributed by atoms with van der Waals surface area (Å²) in [6, 6.07) is 4.69. The van der Waals surface area contributed by atoms with Crippen LogP contribution in [0.4, 0.5) is 14.9 Å². The molecule has 0 bridgehead atoms. The summed E-state index contributed by atoms with van der Waals surface area (Å²) in [4.78, 5) is 33.4. The number of benzene rings is 1. The first-order chi connectivity index (χ1) is 11.0. The molecule has 0 fully saturated rings. The van der Waals surface area contributed by atoms with E-state index in [0.29, 0.717) is 25.1 Å². The second-order valence-corrected chi connectivity index (χ2v) is 4.82. The lowest BCUT2D eigenvalue weighted by atomic mass is 10.2. The molecule has 0 unspecified atom stereocenters. The van der Waals surface area contributed by atoms with Gasteiger partial charge in [-0.05, 0) is 37.1 Å². The number of carbonyl (C=O) groups excluding carboxylic acids is 3. The molecule has 4 N–H and O–H groups in total. The zero-order valence-electron chi connectivity index (χ0n) is 12.6. The van der Waals surface area contributed by atoms with Crippen LogP contribution in [0.25, 0.3) is 0 Å². The van der Waals surface area contributed by atoms with Crippen molar-refractivity contribution < 1.29 is 23.5 Å². The van der Waals surface area contributed by atoms with E-state index in [4.69, 9.17) is 10.5 Å². The fourth-order valence-corrected chi connectivity index (χ4v) is 1.73. The molecule has 0 aromatic heterocycles. The highest BCUT2D eigenvalue weighted by molar-refractivity contribution is 5.92. The molecule has 23 heavy (non-hydrogen) atoms. The quantitative estimate of drug-likeness (QED) is 0.472. The van der Waals surface area contributed by atoms with Crippen LogP contribution in [0.1, 0.15) is 25.7 Å². The van der Waals surface area contributed by atoms with Crippen LogP contribution in [0.5, 0.6) is 0 Å². The third-order valence-corrected chi connectivity index (χ3v) is 2.85. The summed E-state index contributed by atoms with van der Waals surface area (Å²) in [7, 11) is 0. The Kier molecular flexibility index (Phi) is 8.12. The van der Waals surface area contributed by atoms with Crippen LogP contribution >= 0.6 is 0 Å². The van der Waals surface area contributed by atoms with Crippen molar-refractivity contribution in [2.45, 2.75) is 25.7 Å². The number of nitrogens with one attached hydrogen (secondary N) is 2. The first kappa shape index (κ1) is 18.4. The molecule has 8 heteroatoms. The minimum absolute atomic E-state index is 0.195. The standard InChI is InChI=1S/C15H20FN3O4/c16-11-5-7-12(8-6-11)19-13(20)10-23-14(21)4-2-1-3-9-18-15(17)22/h5-8H,1-4,9-10H2,(H,19,20)(H3,17,18,22). The van der Waals surface area contributed by atoms with Gasteiger partial charge in [0.25, 0.3) is 5.91 Å². The highest BCUT2D eigenvalue weighted by atomic mass is 19.1. The maximum atomic E-state index is 12.7. The lowest BCUT2D eigenvalue weighted by molar-refractivity contribution is -0.147. The number of ether oxygens (including phenoxy) is 1. The number of hydrogen-bond acceptors (Lipinski definition) is 4. The molecule has 0 saturated heterocycles. The predicted molar refractivity (Wildman–Crippen MR) is 82.0 cm³/mol. The Labute approximate surface area is 133 Å². The normalized spacial score (nSPS) is 9.96. The number of amides is 3. The smallest absolute Gasteiger partial charge is 0.312 e. The zero-order valence-corrected chi connectivity index (χ0v) is 12.6. The van der Waals surface area contributed by atoms with Gasteiger partial charge in [-0.25, -0.2) is 9.18 Å². The molecule has 0 saturated carbocycles. The molecule has 1 aromatic carbocycles. The second-order valence-electron chi connectivity index (χ2n) is 4.82. The Morgan fingerprint density at radius 2 is 1.78 bits per heavy atom. The Balaban J connectivity index is 2.09. The van der Waals surface area contributed by atoms with Gasteiger partial charge in [-0.3, -0.25) is 9.59 Å². The largest absolute Gasteiger partial charge is 0.456 e. The number of unbranched alkanes of at least 4 members (excludes halogenated alkanes) is 2. The highest BCUT2D eigenvalue weighted by Gasteiger charge is 2.08. The second kappa shape index (κ2) is 10.1. The summed E-state index contributed by atoms with van der Waals surface area (Å²) in [5, 5.41) is 4.93. The van der Waals surface area contributed by atoms with Gasteiger partial charge < -0.3 is 21.1 Å². The molecule has 0 atom stereocenters. The number of halogens is 1. The zero-order chi connectivity index (χ0) is 17.1. The Hall–Kier alpha value is -2.64. The molecule has 1 aromatic rings. The van der Waals surface area contributed by atoms with Gasteiger partial charge in [0, 0.05) is 18.7 Å². The molecule has 126 valence electrons. The number of rotatable bonds is 9. The van der Waals surface area contributed by atoms with Crippen LogP contribution < -0.4 is 16.4 Å². The summed E-state index contributed by atoms with van der Waals surface area (Å²) in [5.74, 6) is -1.36. The molecule has 0 spiro atoms. The van der Waals surface area contributed by atoms with Crippen molar-refractivity contribution in [3.05, 3.63) is 30.1 Å². The first-order valence-corrected chi connectivity index (χ1v) is 7.21. The van der Waals surface area contributed by atoms with Gasteiger partial charge in [-0.2, -0.15) is 0 Å². The Bertz CT molecular complexity index is 534. The number of carbonyl (C=O) groups is 3. The van der Waals surface area contributed by atoms with E-state index in [-0.39, 0.29) is 13.0 Å². The minimum Gasteiger partial charge on any atom is -0.456 e. The summed E-state index contributed by atoms with van der Waals surface area (Å²) < 4.78 is 17.5. The maximum Gasteiger partial charge on any atom is 0.312 e. The van der Waals surface area contributed by atoms with Crippen LogP contribution in [0.3, 0.4) is 0 Å². The van der Waals surface area contributed by atoms with Crippen LogP contribution in [0.2, 0.25) is 0 Å². The van der Waals surface area contributed by atoms with Crippen molar-refractivity contribution in [3.8, 4) is 0 Å². The van der Waals surface area contributed by atoms with E-state index in [9.17, 15) is 18.8 Å². The van der Waals surface area contributed by atoms with Crippen molar-refractivity contribution in [2.75, 3.05) is 18.5 Å². The minimum atomic E-state index is -0.573. The van der Waals surface area contributed by atoms with Gasteiger partial charge in [0.05, 0.1) is 0 Å². The van der Waals surface area contributed by atoms with Crippen molar-refractivity contribution in [2.24, 2.45) is 5.73 Å². The molecule has 0 aliphatic heterocycles. The molecule has 7 nitrogen and oxygen atoms in total. The first-order valence-electron chi connectivity index (χ1n) is 7.21. The average Bonchev–Trinajstić information content (AvgIpc) is 2.50. The summed E-state index contributed by atoms with van der Waals surface area (Å²) in [6.45, 7) is 0.0733. The maximum absolute atomic E-state index is 12.7. The fourth-order valence-electron chi connectivity index (χ4n) is 1.73. The molecule has 0 aliphatic carbocycles. The Morgan fingerprint density at radius 3 is 2.43 bits per heavy atom. The molecular formula is C15H20FN3O4. The summed E-state index contributed by atoms with van der Waals surface area (Å²) in [6.07, 6.45) is 2.23. The van der Waals surface area contributed by atoms with Crippen molar-refractivity contribution in [1.29, 1.82) is 0 Å². The molecular weight excluding hydrogens is 305 g/mol. The van der Waals surface area contributed by atoms with E-state index in [1.54, 1.807) is 0 Å². The lowest BCUT2D eigenvalue weighted by Crippen LogP contribution is -2.29. The topological polar surface area (TPSA) is 111 Å². The van der Waals surface area contributed by atoms with E-state index < -0.39 is 23.7 Å². The van der Waals surface area contributed by atoms with Gasteiger partial charge in [0.15, 0.2) is 6.61 Å². The van der Waals surface area contributed by atoms with Gasteiger partial charge in [-0.15, -0.1) is 0 Å². The van der Waals surface area contributed by atoms with Gasteiger partial charge in [0.2, 0.25) is 0 Å². The molecule has 1 rings (SSSR count). The van der Waals surface area contributed by atoms with Gasteiger partial charge in [-0.1, -0.05) is 6.42 Å². The predicted octanol–water partition coefficient (Wildman–Crippen LogP) is 1.54. The van der Waals surface area contributed by atoms with E-state index in [0.717, 1.165) is 6.42 Å². The number of anilines is 1. The third kappa shape index (κ3) is 9.07. The van der Waals surface area contributed by atoms with Crippen molar-refractivity contribution in [1.82, 2.24) is 5.32 Å². The average molecular weight is 325 g/mol. The van der Waals surface area contributed by atoms with Crippen LogP contribution in [-0.4, -0.2) is 31.1 Å². The number of primary amides is 1. The van der Waals surface area contributed by atoms with Gasteiger partial charge in [0.1, 0.15) is 5.82 Å². The molecule has 0 heterocycles. The number of urea groups is 1. The van der Waals surface area contributed by atoms with E-state index >= 15 is 0 Å². The molecule has 0 radical (unpaired) electrons. The van der Waals surface area contributed by atoms with E-state index in [1.165, 1.54) is 24.3 Å². The lowest BCUT2D eigenvalue weighted by Gasteiger charge is -2.06. The van der Waals surface area contributed by atoms with Crippen LogP contribution in [-0.2, 0) is 14.3 Å². The molecule has 3 amide bonds. The number of nitrogens with two attached hydrogens (primary N) is 1. The Morgan fingerprint density at radius 1 is 1.09 bits per heavy atom. The van der Waals surface area contributed by atoms with Crippen LogP contribution in [0, 0.1) is 5.82 Å². The molecule has 0 aliphatic rings. The fraction of sp³-hybridized carbons (Fsp3) is 0.400. The highest BCUT2D eigenvalue weighted by Crippen LogP contribution is 2.08. The summed E-state index contributed by atoms with van der Waals surface area (Å²) >= 11 is 0. The van der Waals surface area contributed by atoms with Crippen molar-refractivity contribution in [3.63, 3.8) is 0 Å². The number of hydrogen-bond donors (Lipinski definition) is 3. The van der Waals surface area contributed by atoms with E-state index in [2.05, 4.69) is 10.6 Å². The van der Waals surface area contributed by atoms with E-state index in [1.807, 2.05) is 0 Å². The van der Waals surface area contributed by atoms with Crippen molar-refractivity contribution >= 4 is 23.6 Å². The number of esters is 1. The van der Waals surface area contributed by atoms with Gasteiger partial charge >= 0.3 is 12.0 Å².